The number of unbranched alkanes of at least 4 members (excludes halogenated alkanes) is 16. The fraction of sp³-hybridized carbons (Fsp3) is 0.735. The fourth-order valence-electron chi connectivity index (χ4n) is 6.42. The second kappa shape index (κ2) is 39.8. The van der Waals surface area contributed by atoms with Crippen LogP contribution < -0.4 is 0 Å². The van der Waals surface area contributed by atoms with Crippen LogP contribution in [0, 0.1) is 0 Å². The van der Waals surface area contributed by atoms with E-state index in [1.54, 1.807) is 0 Å². The zero-order valence-corrected chi connectivity index (χ0v) is 37.3. The Kier molecular flexibility index (Phi) is 37.8. The number of hydrogen-bond acceptors (Lipinski definition) is 6. The Morgan fingerprint density at radius 3 is 1.44 bits per heavy atom. The van der Waals surface area contributed by atoms with Crippen LogP contribution in [0.15, 0.2) is 60.8 Å². The summed E-state index contributed by atoms with van der Waals surface area (Å²) in [7, 11) is 5.51. The number of quaternary nitrogens is 1. The molecule has 57 heavy (non-hydrogen) atoms. The first-order chi connectivity index (χ1) is 27.6. The van der Waals surface area contributed by atoms with Crippen molar-refractivity contribution in [2.75, 3.05) is 41.0 Å². The van der Waals surface area contributed by atoms with E-state index in [9.17, 15) is 19.5 Å². The summed E-state index contributed by atoms with van der Waals surface area (Å²) in [6.07, 6.45) is 48.4. The quantitative estimate of drug-likeness (QED) is 0.0285. The molecule has 0 aliphatic heterocycles. The molecule has 2 unspecified atom stereocenters. The molecule has 0 saturated carbocycles. The van der Waals surface area contributed by atoms with E-state index in [4.69, 9.17) is 14.2 Å². The number of rotatable bonds is 40. The highest BCUT2D eigenvalue weighted by Gasteiger charge is 2.31. The minimum atomic E-state index is -0.883. The molecule has 1 N–H and O–H groups in total. The predicted molar refractivity (Wildman–Crippen MR) is 238 cm³/mol. The third-order valence-electron chi connectivity index (χ3n) is 9.93. The highest BCUT2D eigenvalue weighted by molar-refractivity contribution is 5.72. The van der Waals surface area contributed by atoms with E-state index in [2.05, 4.69) is 74.6 Å². The van der Waals surface area contributed by atoms with Gasteiger partial charge in [0.2, 0.25) is 0 Å². The van der Waals surface area contributed by atoms with E-state index in [1.165, 1.54) is 83.5 Å². The molecular weight excluding hydrogens is 715 g/mol. The lowest BCUT2D eigenvalue weighted by Gasteiger charge is -2.31. The van der Waals surface area contributed by atoms with E-state index < -0.39 is 18.1 Å². The molecule has 8 heteroatoms. The Balaban J connectivity index is 4.41. The maximum absolute atomic E-state index is 12.7. The van der Waals surface area contributed by atoms with Gasteiger partial charge in [0.1, 0.15) is 6.61 Å². The summed E-state index contributed by atoms with van der Waals surface area (Å²) in [6.45, 7) is 4.57. The lowest BCUT2D eigenvalue weighted by atomic mass is 10.0. The van der Waals surface area contributed by atoms with Gasteiger partial charge in [0, 0.05) is 19.3 Å². The van der Waals surface area contributed by atoms with Crippen LogP contribution in [0.4, 0.5) is 0 Å². The van der Waals surface area contributed by atoms with Gasteiger partial charge < -0.3 is 23.8 Å². The van der Waals surface area contributed by atoms with E-state index in [0.717, 1.165) is 57.8 Å². The van der Waals surface area contributed by atoms with Crippen molar-refractivity contribution in [1.82, 2.24) is 0 Å². The average Bonchev–Trinajstić information content (AvgIpc) is 3.17. The number of allylic oxidation sites excluding steroid dienone is 10. The number of carbonyl (C=O) groups is 3. The van der Waals surface area contributed by atoms with Gasteiger partial charge in [0.25, 0.3) is 0 Å². The number of carboxylic acids is 1. The molecule has 2 atom stereocenters. The lowest BCUT2D eigenvalue weighted by molar-refractivity contribution is -0.887. The van der Waals surface area contributed by atoms with E-state index in [1.807, 2.05) is 21.1 Å². The molecule has 0 spiro atoms. The van der Waals surface area contributed by atoms with Crippen LogP contribution in [0.5, 0.6) is 0 Å². The normalized spacial score (nSPS) is 13.5. The third-order valence-corrected chi connectivity index (χ3v) is 9.93. The summed E-state index contributed by atoms with van der Waals surface area (Å²) in [5, 5.41) is 9.62. The van der Waals surface area contributed by atoms with Crippen molar-refractivity contribution in [3.8, 4) is 0 Å². The first-order valence-electron chi connectivity index (χ1n) is 22.8. The molecule has 0 aromatic heterocycles. The second-order valence-electron chi connectivity index (χ2n) is 16.3. The molecule has 0 rings (SSSR count). The highest BCUT2D eigenvalue weighted by Crippen LogP contribution is 2.15. The Hall–Kier alpha value is -2.97. The molecule has 0 radical (unpaired) electrons. The molecule has 0 fully saturated rings. The predicted octanol–water partition coefficient (Wildman–Crippen LogP) is 12.6. The fourth-order valence-corrected chi connectivity index (χ4v) is 6.42. The number of ether oxygens (including phenoxy) is 3. The summed E-state index contributed by atoms with van der Waals surface area (Å²) in [5.74, 6) is -1.54. The van der Waals surface area contributed by atoms with Gasteiger partial charge in [-0.3, -0.25) is 9.59 Å². The molecule has 328 valence electrons. The monoisotopic (exact) mass is 801 g/mol. The molecular formula is C49H86NO7+. The highest BCUT2D eigenvalue weighted by atomic mass is 16.6. The topological polar surface area (TPSA) is 99.1 Å². The number of carbonyl (C=O) groups excluding carboxylic acids is 2. The summed E-state index contributed by atoms with van der Waals surface area (Å²) in [4.78, 5) is 37.0. The summed E-state index contributed by atoms with van der Waals surface area (Å²) >= 11 is 0. The van der Waals surface area contributed by atoms with Gasteiger partial charge in [-0.1, -0.05) is 171 Å². The summed E-state index contributed by atoms with van der Waals surface area (Å²) < 4.78 is 17.2. The Bertz CT molecular complexity index is 1120. The Labute approximate surface area is 349 Å². The molecule has 0 aliphatic carbocycles. The molecule has 0 saturated heterocycles. The minimum absolute atomic E-state index is 0.0432. The number of carboxylic acid groups (broad SMARTS) is 1. The molecule has 8 nitrogen and oxygen atoms in total. The van der Waals surface area contributed by atoms with Crippen LogP contribution >= 0.6 is 0 Å². The zero-order valence-electron chi connectivity index (χ0n) is 37.3. The van der Waals surface area contributed by atoms with Gasteiger partial charge in [0.15, 0.2) is 12.1 Å². The van der Waals surface area contributed by atoms with E-state index >= 15 is 0 Å². The molecule has 0 aromatic rings. The van der Waals surface area contributed by atoms with Crippen LogP contribution in [0.3, 0.4) is 0 Å². The van der Waals surface area contributed by atoms with Gasteiger partial charge in [-0.15, -0.1) is 0 Å². The SMILES string of the molecule is CC/C=C/C/C=C/C/C=C/C/C=C/C/C=C/CCCC(=O)OCC(COCCC(C(=O)O)[N+](C)(C)C)OC(=O)CCCCCCCCCCCCCCCCCC. The van der Waals surface area contributed by atoms with Crippen molar-refractivity contribution in [1.29, 1.82) is 0 Å². The van der Waals surface area contributed by atoms with E-state index in [0.29, 0.717) is 19.3 Å². The van der Waals surface area contributed by atoms with Gasteiger partial charge >= 0.3 is 17.9 Å². The average molecular weight is 801 g/mol. The van der Waals surface area contributed by atoms with Crippen LogP contribution in [-0.4, -0.2) is 80.6 Å². The van der Waals surface area contributed by atoms with Crippen molar-refractivity contribution in [3.05, 3.63) is 60.8 Å². The number of likely N-dealkylation sites (N-methyl/N-ethyl adjacent to an activating group) is 1. The van der Waals surface area contributed by atoms with Gasteiger partial charge in [0.05, 0.1) is 34.4 Å². The van der Waals surface area contributed by atoms with Crippen LogP contribution in [0.2, 0.25) is 0 Å². The molecule has 0 aliphatic rings. The Morgan fingerprint density at radius 1 is 0.544 bits per heavy atom. The maximum Gasteiger partial charge on any atom is 0.362 e. The number of nitrogens with zero attached hydrogens (tertiary/aromatic N) is 1. The summed E-state index contributed by atoms with van der Waals surface area (Å²) in [6, 6.07) is -0.623. The van der Waals surface area contributed by atoms with Crippen molar-refractivity contribution >= 4 is 17.9 Å². The maximum atomic E-state index is 12.7. The van der Waals surface area contributed by atoms with Crippen molar-refractivity contribution in [3.63, 3.8) is 0 Å². The molecule has 0 heterocycles. The molecule has 0 amide bonds. The van der Waals surface area contributed by atoms with Crippen LogP contribution in [0.1, 0.15) is 181 Å². The number of aliphatic carboxylic acids is 1. The number of esters is 2. The first-order valence-corrected chi connectivity index (χ1v) is 22.8. The smallest absolute Gasteiger partial charge is 0.362 e. The van der Waals surface area contributed by atoms with E-state index in [-0.39, 0.29) is 42.7 Å². The standard InChI is InChI=1S/C49H85NO7/c1-6-8-10-12-14-16-18-20-22-24-26-27-29-31-33-35-37-39-47(51)56-44-45(43-55-42-41-46(49(53)54)50(3,4)5)57-48(52)40-38-36-34-32-30-28-25-23-21-19-17-15-13-11-9-7-2/h8,10,14,16,20,22,26-27,31,33,45-46H,6-7,9,11-13,15,17-19,21,23-25,28-30,32,34-44H2,1-5H3/p+1/b10-8+,16-14+,22-20+,27-26+,33-31+. The van der Waals surface area contributed by atoms with Gasteiger partial charge in [-0.05, 0) is 51.4 Å². The molecule has 0 bridgehead atoms. The van der Waals surface area contributed by atoms with Crippen molar-refractivity contribution in [2.24, 2.45) is 0 Å². The minimum Gasteiger partial charge on any atom is -0.477 e. The van der Waals surface area contributed by atoms with Crippen molar-refractivity contribution in [2.45, 2.75) is 193 Å². The van der Waals surface area contributed by atoms with Gasteiger partial charge in [-0.2, -0.15) is 0 Å². The summed E-state index contributed by atoms with van der Waals surface area (Å²) in [5.41, 5.74) is 0. The van der Waals surface area contributed by atoms with Crippen molar-refractivity contribution < 1.29 is 38.2 Å². The second-order valence-corrected chi connectivity index (χ2v) is 16.3. The number of hydrogen-bond donors (Lipinski definition) is 1. The van der Waals surface area contributed by atoms with Crippen LogP contribution in [0.25, 0.3) is 0 Å². The van der Waals surface area contributed by atoms with Crippen LogP contribution in [-0.2, 0) is 28.6 Å². The van der Waals surface area contributed by atoms with Gasteiger partial charge in [-0.25, -0.2) is 4.79 Å². The largest absolute Gasteiger partial charge is 0.477 e. The zero-order chi connectivity index (χ0) is 42.1. The lowest BCUT2D eigenvalue weighted by Crippen LogP contribution is -2.50. The third kappa shape index (κ3) is 38.3. The molecule has 0 aromatic carbocycles. The Morgan fingerprint density at radius 2 is 0.982 bits per heavy atom. The first kappa shape index (κ1) is 54.0.